The second-order valence-corrected chi connectivity index (χ2v) is 8.79. The van der Waals surface area contributed by atoms with Gasteiger partial charge >= 0.3 is 6.01 Å². The molecule has 0 saturated carbocycles. The van der Waals surface area contributed by atoms with Gasteiger partial charge in [-0.15, -0.1) is 0 Å². The van der Waals surface area contributed by atoms with Gasteiger partial charge in [-0.2, -0.15) is 4.68 Å². The number of carbonyl (C=O) groups is 1. The molecule has 2 bridgehead atoms. The van der Waals surface area contributed by atoms with Gasteiger partial charge in [0.1, 0.15) is 5.75 Å². The largest absolute Gasteiger partial charge is 0.423 e. The number of likely N-dealkylation sites (tertiary alicyclic amines) is 1. The van der Waals surface area contributed by atoms with Gasteiger partial charge in [0.25, 0.3) is 0 Å². The second kappa shape index (κ2) is 6.85. The Bertz CT molecular complexity index is 1190. The van der Waals surface area contributed by atoms with E-state index < -0.39 is 0 Å². The Labute approximate surface area is 180 Å². The number of hydrogen-bond donors (Lipinski definition) is 0. The number of hydrogen-bond acceptors (Lipinski definition) is 6. The van der Waals surface area contributed by atoms with Gasteiger partial charge in [-0.1, -0.05) is 41.5 Å². The molecule has 1 saturated heterocycles. The third-order valence-corrected chi connectivity index (χ3v) is 7.19. The van der Waals surface area contributed by atoms with Crippen LogP contribution in [0.4, 0.5) is 0 Å². The van der Waals surface area contributed by atoms with E-state index >= 15 is 0 Å². The highest BCUT2D eigenvalue weighted by atomic mass is 16.5. The molecule has 0 N–H and O–H groups in total. The van der Waals surface area contributed by atoms with Gasteiger partial charge < -0.3 is 9.64 Å². The van der Waals surface area contributed by atoms with E-state index in [1.165, 1.54) is 5.56 Å². The van der Waals surface area contributed by atoms with Gasteiger partial charge in [0.2, 0.25) is 0 Å². The molecule has 0 spiro atoms. The molecule has 31 heavy (non-hydrogen) atoms. The van der Waals surface area contributed by atoms with Crippen LogP contribution in [0, 0.1) is 5.92 Å². The van der Waals surface area contributed by atoms with Crippen molar-refractivity contribution in [3.05, 3.63) is 71.8 Å². The maximum atomic E-state index is 12.6. The van der Waals surface area contributed by atoms with E-state index in [2.05, 4.69) is 39.6 Å². The fraction of sp³-hybridized carbons (Fsp3) is 0.333. The monoisotopic (exact) mass is 413 g/mol. The molecule has 0 amide bonds. The molecule has 6 rings (SSSR count). The number of benzene rings is 2. The predicted molar refractivity (Wildman–Crippen MR) is 114 cm³/mol. The lowest BCUT2D eigenvalue weighted by Gasteiger charge is -2.56. The Hall–Kier alpha value is -3.32. The summed E-state index contributed by atoms with van der Waals surface area (Å²) in [5.74, 6) is 1.24. The summed E-state index contributed by atoms with van der Waals surface area (Å²) >= 11 is 0. The lowest BCUT2D eigenvalue weighted by atomic mass is 9.54. The van der Waals surface area contributed by atoms with E-state index in [1.54, 1.807) is 10.8 Å². The summed E-state index contributed by atoms with van der Waals surface area (Å²) in [5, 5.41) is 12.1. The number of carbonyl (C=O) groups excluding carboxylic acids is 1. The van der Waals surface area contributed by atoms with Gasteiger partial charge in [0.05, 0.1) is 5.69 Å². The second-order valence-electron chi connectivity index (χ2n) is 8.79. The summed E-state index contributed by atoms with van der Waals surface area (Å²) < 4.78 is 7.98. The zero-order valence-electron chi connectivity index (χ0n) is 17.3. The molecule has 2 aliphatic carbocycles. The van der Waals surface area contributed by atoms with Crippen molar-refractivity contribution >= 4 is 5.78 Å². The number of aromatic nitrogens is 4. The lowest BCUT2D eigenvalue weighted by Crippen LogP contribution is -2.59. The minimum Gasteiger partial charge on any atom is -0.423 e. The van der Waals surface area contributed by atoms with E-state index in [4.69, 9.17) is 4.74 Å². The third-order valence-electron chi connectivity index (χ3n) is 7.19. The first-order valence-electron chi connectivity index (χ1n) is 10.7. The number of fused-ring (bicyclic) bond motifs is 1. The van der Waals surface area contributed by atoms with Crippen LogP contribution in [-0.4, -0.2) is 50.5 Å². The van der Waals surface area contributed by atoms with Crippen molar-refractivity contribution < 1.29 is 9.53 Å². The van der Waals surface area contributed by atoms with Gasteiger partial charge in [0, 0.05) is 29.4 Å². The van der Waals surface area contributed by atoms with E-state index in [1.807, 2.05) is 42.5 Å². The Morgan fingerprint density at radius 1 is 1.13 bits per heavy atom. The topological polar surface area (TPSA) is 73.1 Å². The predicted octanol–water partition coefficient (Wildman–Crippen LogP) is 3.10. The minimum atomic E-state index is -0.238. The van der Waals surface area contributed by atoms with Crippen LogP contribution in [0.25, 0.3) is 5.69 Å². The molecule has 3 aliphatic rings. The Balaban J connectivity index is 1.48. The van der Waals surface area contributed by atoms with Gasteiger partial charge in [-0.3, -0.25) is 4.79 Å². The smallest absolute Gasteiger partial charge is 0.345 e. The highest BCUT2D eigenvalue weighted by Crippen LogP contribution is 2.55. The molecule has 156 valence electrons. The number of nitrogens with zero attached hydrogens (tertiary/aromatic N) is 5. The van der Waals surface area contributed by atoms with Crippen molar-refractivity contribution in [1.29, 1.82) is 0 Å². The molecule has 3 atom stereocenters. The van der Waals surface area contributed by atoms with Crippen LogP contribution in [0.1, 0.15) is 24.0 Å². The van der Waals surface area contributed by atoms with Gasteiger partial charge in [-0.25, -0.2) is 0 Å². The normalized spacial score (nSPS) is 26.9. The zero-order valence-corrected chi connectivity index (χ0v) is 17.3. The minimum absolute atomic E-state index is 0.191. The van der Waals surface area contributed by atoms with Crippen LogP contribution in [-0.2, 0) is 16.6 Å². The number of tetrazole rings is 1. The highest BCUT2D eigenvalue weighted by molar-refractivity contribution is 5.92. The van der Waals surface area contributed by atoms with Crippen molar-refractivity contribution in [2.75, 3.05) is 13.6 Å². The van der Waals surface area contributed by atoms with E-state index in [0.717, 1.165) is 36.4 Å². The van der Waals surface area contributed by atoms with Crippen molar-refractivity contribution in [1.82, 2.24) is 25.1 Å². The molecule has 7 nitrogen and oxygen atoms in total. The van der Waals surface area contributed by atoms with E-state index in [-0.39, 0.29) is 11.2 Å². The number of piperidine rings is 1. The molecule has 1 aromatic heterocycles. The standard InChI is InChI=1S/C24H23N5O2/c1-28-13-12-24-15-18(30)10-11-19(24)20(28)14-16-6-5-9-21(22(16)24)31-23-25-26-27-29(23)17-7-3-2-4-8-17/h2-11,19-20H,12-15H2,1H3/t19-,20+,24-/m0/s1. The summed E-state index contributed by atoms with van der Waals surface area (Å²) in [5.41, 5.74) is 3.01. The lowest BCUT2D eigenvalue weighted by molar-refractivity contribution is -0.118. The molecule has 0 radical (unpaired) electrons. The molecule has 2 heterocycles. The van der Waals surface area contributed by atoms with Crippen LogP contribution < -0.4 is 4.74 Å². The Kier molecular flexibility index (Phi) is 4.08. The van der Waals surface area contributed by atoms with E-state index in [9.17, 15) is 4.79 Å². The molecular weight excluding hydrogens is 390 g/mol. The van der Waals surface area contributed by atoms with Crippen LogP contribution in [0.3, 0.4) is 0 Å². The fourth-order valence-corrected chi connectivity index (χ4v) is 5.81. The van der Waals surface area contributed by atoms with Crippen LogP contribution >= 0.6 is 0 Å². The number of ether oxygens (including phenoxy) is 1. The van der Waals surface area contributed by atoms with Crippen LogP contribution in [0.2, 0.25) is 0 Å². The summed E-state index contributed by atoms with van der Waals surface area (Å²) in [4.78, 5) is 15.0. The molecule has 3 aromatic rings. The summed E-state index contributed by atoms with van der Waals surface area (Å²) in [6.07, 6.45) is 6.31. The summed E-state index contributed by atoms with van der Waals surface area (Å²) in [6.45, 7) is 0.970. The molecule has 7 heteroatoms. The molecule has 2 aromatic carbocycles. The van der Waals surface area contributed by atoms with Gasteiger partial charge in [-0.05, 0) is 66.7 Å². The molecule has 1 aliphatic heterocycles. The van der Waals surface area contributed by atoms with Crippen molar-refractivity contribution in [3.63, 3.8) is 0 Å². The van der Waals surface area contributed by atoms with Crippen LogP contribution in [0.5, 0.6) is 11.8 Å². The fourth-order valence-electron chi connectivity index (χ4n) is 5.81. The van der Waals surface area contributed by atoms with Crippen LogP contribution in [0.15, 0.2) is 60.7 Å². The number of allylic oxidation sites excluding steroid dienone is 1. The molecule has 0 unspecified atom stereocenters. The number of likely N-dealkylation sites (N-methyl/N-ethyl adjacent to an activating group) is 1. The first kappa shape index (κ1) is 18.4. The quantitative estimate of drug-likeness (QED) is 0.657. The highest BCUT2D eigenvalue weighted by Gasteiger charge is 2.54. The first-order chi connectivity index (χ1) is 15.2. The number of para-hydroxylation sites is 1. The maximum Gasteiger partial charge on any atom is 0.345 e. The van der Waals surface area contributed by atoms with Crippen molar-refractivity contribution in [2.24, 2.45) is 5.92 Å². The van der Waals surface area contributed by atoms with E-state index in [0.29, 0.717) is 24.4 Å². The SMILES string of the molecule is CN1CC[C@]23CC(=O)C=C[C@H]2[C@H]1Cc1cccc(Oc2nnnn2-c2ccccc2)c13. The zero-order chi connectivity index (χ0) is 21.0. The molecule has 1 fully saturated rings. The summed E-state index contributed by atoms with van der Waals surface area (Å²) in [6, 6.07) is 16.6. The summed E-state index contributed by atoms with van der Waals surface area (Å²) in [7, 11) is 2.19. The number of ketones is 1. The van der Waals surface area contributed by atoms with Crippen molar-refractivity contribution in [3.8, 4) is 17.4 Å². The molecular formula is C24H23N5O2. The average Bonchev–Trinajstić information content (AvgIpc) is 3.24. The maximum absolute atomic E-state index is 12.6. The Morgan fingerprint density at radius 2 is 2.00 bits per heavy atom. The third kappa shape index (κ3) is 2.76. The van der Waals surface area contributed by atoms with Gasteiger partial charge in [0.15, 0.2) is 5.78 Å². The first-order valence-corrected chi connectivity index (χ1v) is 10.7. The number of rotatable bonds is 3. The van der Waals surface area contributed by atoms with Crippen molar-refractivity contribution in [2.45, 2.75) is 30.7 Å². The Morgan fingerprint density at radius 3 is 2.87 bits per heavy atom. The average molecular weight is 413 g/mol.